The Balaban J connectivity index is 2.84. The van der Waals surface area contributed by atoms with E-state index in [1.54, 1.807) is 14.0 Å². The molecule has 0 amide bonds. The van der Waals surface area contributed by atoms with Crippen molar-refractivity contribution < 1.29 is 4.73 Å². The zero-order valence-electron chi connectivity index (χ0n) is 10.9. The topological polar surface area (TPSA) is 61.8 Å². The van der Waals surface area contributed by atoms with Crippen LogP contribution < -0.4 is 10.4 Å². The first-order valence-electron chi connectivity index (χ1n) is 5.67. The van der Waals surface area contributed by atoms with Crippen molar-refractivity contribution in [2.75, 3.05) is 0 Å². The molecule has 2 aromatic rings. The van der Waals surface area contributed by atoms with Crippen LogP contribution in [0.5, 0.6) is 0 Å². The lowest BCUT2D eigenvalue weighted by atomic mass is 10.1. The Kier molecular flexibility index (Phi) is 2.90. The monoisotopic (exact) mass is 245 g/mol. The Bertz CT molecular complexity index is 642. The van der Waals surface area contributed by atoms with Gasteiger partial charge in [-0.3, -0.25) is 4.98 Å². The van der Waals surface area contributed by atoms with Crippen LogP contribution >= 0.6 is 0 Å². The Morgan fingerprint density at radius 1 is 1.28 bits per heavy atom. The molecule has 0 fully saturated rings. The normalized spacial score (nSPS) is 10.7. The molecule has 0 unspecified atom stereocenters. The van der Waals surface area contributed by atoms with Crippen molar-refractivity contribution >= 4 is 0 Å². The molecule has 0 saturated heterocycles. The molecule has 0 atom stereocenters. The number of hydrogen-bond donors (Lipinski definition) is 0. The molecule has 0 aliphatic rings. The quantitative estimate of drug-likeness (QED) is 0.556. The maximum Gasteiger partial charge on any atom is 0.501 e. The fourth-order valence-corrected chi connectivity index (χ4v) is 2.01. The molecule has 0 spiro atoms. The highest BCUT2D eigenvalue weighted by molar-refractivity contribution is 5.63. The van der Waals surface area contributed by atoms with E-state index in [-0.39, 0.29) is 0 Å². The van der Waals surface area contributed by atoms with Gasteiger partial charge in [0.15, 0.2) is 0 Å². The standard InChI is InChI=1S/C13H15N3O2/c1-8-6-5-7-11(14-8)12-9(2)15(4)13(17)16(18)10(12)3/h5-7H,1-4H3. The van der Waals surface area contributed by atoms with E-state index in [2.05, 4.69) is 4.98 Å². The molecule has 2 rings (SSSR count). The van der Waals surface area contributed by atoms with E-state index in [1.807, 2.05) is 32.0 Å². The molecule has 0 aliphatic heterocycles. The highest BCUT2D eigenvalue weighted by atomic mass is 16.5. The van der Waals surface area contributed by atoms with E-state index in [4.69, 9.17) is 0 Å². The molecule has 2 heterocycles. The Morgan fingerprint density at radius 3 is 2.56 bits per heavy atom. The molecule has 18 heavy (non-hydrogen) atoms. The van der Waals surface area contributed by atoms with Gasteiger partial charge in [-0.15, -0.1) is 0 Å². The van der Waals surface area contributed by atoms with Crippen molar-refractivity contribution in [2.24, 2.45) is 7.05 Å². The van der Waals surface area contributed by atoms with Gasteiger partial charge in [-0.2, -0.15) is 14.1 Å². The van der Waals surface area contributed by atoms with Crippen LogP contribution in [0.2, 0.25) is 0 Å². The maximum absolute atomic E-state index is 11.8. The molecule has 5 heteroatoms. The van der Waals surface area contributed by atoms with E-state index < -0.39 is 5.69 Å². The molecule has 0 aliphatic carbocycles. The fraction of sp³-hybridized carbons (Fsp3) is 0.308. The number of nitrogens with zero attached hydrogens (tertiary/aromatic N) is 3. The summed E-state index contributed by atoms with van der Waals surface area (Å²) in [7, 11) is 1.59. The second kappa shape index (κ2) is 4.25. The SMILES string of the molecule is Cc1cccc(-c2c(C)n(C)c(=O)[n+]([O-])c2C)n1. The minimum atomic E-state index is -0.568. The summed E-state index contributed by atoms with van der Waals surface area (Å²) in [4.78, 5) is 16.1. The average molecular weight is 245 g/mol. The average Bonchev–Trinajstić information content (AvgIpc) is 2.34. The summed E-state index contributed by atoms with van der Waals surface area (Å²) in [5, 5.41) is 11.8. The predicted molar refractivity (Wildman–Crippen MR) is 68.1 cm³/mol. The molecule has 5 nitrogen and oxygen atoms in total. The molecular weight excluding hydrogens is 230 g/mol. The van der Waals surface area contributed by atoms with Gasteiger partial charge >= 0.3 is 5.69 Å². The van der Waals surface area contributed by atoms with Crippen LogP contribution in [-0.2, 0) is 7.05 Å². The van der Waals surface area contributed by atoms with Crippen LogP contribution in [0.15, 0.2) is 23.0 Å². The van der Waals surface area contributed by atoms with Gasteiger partial charge in [0.1, 0.15) is 11.4 Å². The Hall–Kier alpha value is -2.17. The van der Waals surface area contributed by atoms with Gasteiger partial charge in [0.05, 0.1) is 18.3 Å². The molecule has 2 aromatic heterocycles. The first-order valence-corrected chi connectivity index (χ1v) is 5.67. The minimum Gasteiger partial charge on any atom is -0.708 e. The highest BCUT2D eigenvalue weighted by Gasteiger charge is 2.19. The summed E-state index contributed by atoms with van der Waals surface area (Å²) in [5.74, 6) is 0. The molecule has 0 radical (unpaired) electrons. The van der Waals surface area contributed by atoms with E-state index >= 15 is 0 Å². The van der Waals surface area contributed by atoms with Gasteiger partial charge in [-0.25, -0.2) is 0 Å². The summed E-state index contributed by atoms with van der Waals surface area (Å²) in [6, 6.07) is 5.62. The summed E-state index contributed by atoms with van der Waals surface area (Å²) in [6.45, 7) is 5.34. The van der Waals surface area contributed by atoms with Crippen molar-refractivity contribution in [3.8, 4) is 11.3 Å². The number of aryl methyl sites for hydroxylation is 1. The third kappa shape index (κ3) is 1.77. The zero-order valence-corrected chi connectivity index (χ0v) is 10.9. The van der Waals surface area contributed by atoms with E-state index in [9.17, 15) is 10.0 Å². The van der Waals surface area contributed by atoms with E-state index in [0.717, 1.165) is 17.0 Å². The molecule has 0 saturated carbocycles. The number of pyridine rings is 1. The van der Waals surface area contributed by atoms with Crippen molar-refractivity contribution in [1.29, 1.82) is 0 Å². The lowest BCUT2D eigenvalue weighted by Crippen LogP contribution is -2.52. The van der Waals surface area contributed by atoms with Crippen LogP contribution in [0.3, 0.4) is 0 Å². The molecule has 0 bridgehead atoms. The highest BCUT2D eigenvalue weighted by Crippen LogP contribution is 2.22. The van der Waals surface area contributed by atoms with Gasteiger partial charge in [0, 0.05) is 5.69 Å². The molecule has 0 N–H and O–H groups in total. The third-order valence-corrected chi connectivity index (χ3v) is 3.14. The molecule has 94 valence electrons. The van der Waals surface area contributed by atoms with Crippen LogP contribution in [0, 0.1) is 26.0 Å². The van der Waals surface area contributed by atoms with Crippen molar-refractivity contribution in [3.05, 3.63) is 51.0 Å². The Morgan fingerprint density at radius 2 is 1.94 bits per heavy atom. The van der Waals surface area contributed by atoms with E-state index in [1.165, 1.54) is 4.57 Å². The zero-order chi connectivity index (χ0) is 13.4. The number of aromatic nitrogens is 3. The smallest absolute Gasteiger partial charge is 0.501 e. The summed E-state index contributed by atoms with van der Waals surface area (Å²) in [6.07, 6.45) is 0. The largest absolute Gasteiger partial charge is 0.708 e. The lowest BCUT2D eigenvalue weighted by Gasteiger charge is -2.13. The lowest BCUT2D eigenvalue weighted by molar-refractivity contribution is -0.632. The first kappa shape index (κ1) is 12.3. The fourth-order valence-electron chi connectivity index (χ4n) is 2.01. The third-order valence-electron chi connectivity index (χ3n) is 3.14. The van der Waals surface area contributed by atoms with Gasteiger partial charge in [0.2, 0.25) is 0 Å². The van der Waals surface area contributed by atoms with Gasteiger partial charge in [0.25, 0.3) is 0 Å². The molecular formula is C13H15N3O2. The minimum absolute atomic E-state index is 0.383. The summed E-state index contributed by atoms with van der Waals surface area (Å²) >= 11 is 0. The second-order valence-corrected chi connectivity index (χ2v) is 4.35. The van der Waals surface area contributed by atoms with Crippen LogP contribution in [0.4, 0.5) is 0 Å². The van der Waals surface area contributed by atoms with Crippen molar-refractivity contribution in [3.63, 3.8) is 0 Å². The number of hydrogen-bond acceptors (Lipinski definition) is 3. The first-order chi connectivity index (χ1) is 8.43. The van der Waals surface area contributed by atoms with Crippen molar-refractivity contribution in [1.82, 2.24) is 9.55 Å². The van der Waals surface area contributed by atoms with Crippen LogP contribution in [-0.4, -0.2) is 9.55 Å². The Labute approximate surface area is 105 Å². The summed E-state index contributed by atoms with van der Waals surface area (Å²) < 4.78 is 1.76. The molecule has 0 aromatic carbocycles. The van der Waals surface area contributed by atoms with E-state index in [0.29, 0.717) is 16.1 Å². The maximum atomic E-state index is 11.8. The van der Waals surface area contributed by atoms with Crippen LogP contribution in [0.25, 0.3) is 11.3 Å². The van der Waals surface area contributed by atoms with Gasteiger partial charge < -0.3 is 5.21 Å². The van der Waals surface area contributed by atoms with Crippen LogP contribution in [0.1, 0.15) is 17.1 Å². The summed E-state index contributed by atoms with van der Waals surface area (Å²) in [5.41, 5.74) is 2.86. The van der Waals surface area contributed by atoms with Gasteiger partial charge in [-0.05, 0) is 32.9 Å². The second-order valence-electron chi connectivity index (χ2n) is 4.35. The predicted octanol–water partition coefficient (Wildman–Crippen LogP) is 1.01. The van der Waals surface area contributed by atoms with Gasteiger partial charge in [-0.1, -0.05) is 6.07 Å². The number of rotatable bonds is 1. The van der Waals surface area contributed by atoms with Crippen molar-refractivity contribution in [2.45, 2.75) is 20.8 Å².